The predicted molar refractivity (Wildman–Crippen MR) is 99.3 cm³/mol. The van der Waals surface area contributed by atoms with Crippen LogP contribution in [0.4, 0.5) is 0 Å². The molecule has 0 N–H and O–H groups in total. The smallest absolute Gasteiger partial charge is 0.300 e. The molecule has 0 aromatic carbocycles. The molecule has 0 aromatic heterocycles. The number of phosphoric acid groups is 2. The Morgan fingerprint density at radius 1 is 0.667 bits per heavy atom. The second-order valence-electron chi connectivity index (χ2n) is 8.40. The quantitative estimate of drug-likeness (QED) is 0.469. The lowest BCUT2D eigenvalue weighted by Gasteiger charge is -2.39. The van der Waals surface area contributed by atoms with Crippen LogP contribution < -0.4 is 0 Å². The number of Topliss-reactive ketones (excluding diaryl/α,β-unsaturated/α-hetero) is 2. The fourth-order valence-electron chi connectivity index (χ4n) is 3.17. The molecule has 156 valence electrons. The molecule has 3 fully saturated rings. The van der Waals surface area contributed by atoms with E-state index in [0.29, 0.717) is 57.8 Å². The lowest BCUT2D eigenvalue weighted by atomic mass is 9.97. The van der Waals surface area contributed by atoms with Gasteiger partial charge < -0.3 is 0 Å². The van der Waals surface area contributed by atoms with Crippen molar-refractivity contribution in [3.8, 4) is 0 Å². The highest BCUT2D eigenvalue weighted by Crippen LogP contribution is 2.84. The second-order valence-corrected chi connectivity index (χ2v) is 11.9. The molecule has 3 heterocycles. The minimum Gasteiger partial charge on any atom is -0.300 e. The van der Waals surface area contributed by atoms with E-state index in [2.05, 4.69) is 0 Å². The second kappa shape index (κ2) is 8.56. The minimum atomic E-state index is -3.95. The first-order valence-corrected chi connectivity index (χ1v) is 12.3. The molecule has 0 spiro atoms. The van der Waals surface area contributed by atoms with E-state index in [0.717, 1.165) is 0 Å². The monoisotopic (exact) mass is 424 g/mol. The van der Waals surface area contributed by atoms with Crippen molar-refractivity contribution in [2.75, 3.05) is 0 Å². The van der Waals surface area contributed by atoms with Gasteiger partial charge in [-0.15, -0.1) is 0 Å². The molecule has 3 rings (SSSR count). The number of ketones is 2. The van der Waals surface area contributed by atoms with Crippen LogP contribution in [0, 0.1) is 0 Å². The molecule has 27 heavy (non-hydrogen) atoms. The molecule has 8 nitrogen and oxygen atoms in total. The van der Waals surface area contributed by atoms with Gasteiger partial charge >= 0.3 is 15.6 Å². The molecular weight excluding hydrogens is 394 g/mol. The van der Waals surface area contributed by atoms with Gasteiger partial charge in [-0.3, -0.25) is 18.6 Å². The van der Waals surface area contributed by atoms with Crippen molar-refractivity contribution in [1.82, 2.24) is 0 Å². The number of carbonyl (C=O) groups is 2. The van der Waals surface area contributed by atoms with Crippen LogP contribution in [-0.2, 0) is 36.4 Å². The molecular formula is C17H30O8P2. The van der Waals surface area contributed by atoms with E-state index >= 15 is 0 Å². The van der Waals surface area contributed by atoms with E-state index in [1.165, 1.54) is 0 Å². The fraction of sp³-hybridized carbons (Fsp3) is 0.882. The highest BCUT2D eigenvalue weighted by Gasteiger charge is 2.60. The van der Waals surface area contributed by atoms with E-state index in [-0.39, 0.29) is 11.6 Å². The maximum Gasteiger partial charge on any atom is 0.493 e. The maximum atomic E-state index is 12.4. The summed E-state index contributed by atoms with van der Waals surface area (Å²) in [5, 5.41) is 0. The summed E-state index contributed by atoms with van der Waals surface area (Å²) in [4.78, 5) is 23.9. The molecule has 10 heteroatoms. The molecule has 3 aliphatic heterocycles. The summed E-state index contributed by atoms with van der Waals surface area (Å²) in [5.41, 5.74) is -1.75. The first-order valence-electron chi connectivity index (χ1n) is 9.40. The molecule has 0 aromatic rings. The van der Waals surface area contributed by atoms with Crippen molar-refractivity contribution in [2.24, 2.45) is 0 Å². The number of fused-ring (bicyclic) bond motifs is 14. The Morgan fingerprint density at radius 2 is 1.00 bits per heavy atom. The number of rotatable bonds is 0. The Morgan fingerprint density at radius 3 is 1.37 bits per heavy atom. The first-order chi connectivity index (χ1) is 12.3. The molecule has 0 atom stereocenters. The highest BCUT2D eigenvalue weighted by molar-refractivity contribution is 7.75. The van der Waals surface area contributed by atoms with E-state index in [1.807, 2.05) is 0 Å². The van der Waals surface area contributed by atoms with E-state index in [4.69, 9.17) is 17.7 Å². The third-order valence-electron chi connectivity index (χ3n) is 4.50. The van der Waals surface area contributed by atoms with Crippen LogP contribution in [-0.4, -0.2) is 22.8 Å². The third-order valence-corrected chi connectivity index (χ3v) is 9.13. The molecule has 0 unspecified atom stereocenters. The molecule has 0 aliphatic carbocycles. The predicted octanol–water partition coefficient (Wildman–Crippen LogP) is 5.50. The zero-order valence-corrected chi connectivity index (χ0v) is 18.3. The van der Waals surface area contributed by atoms with Crippen molar-refractivity contribution < 1.29 is 36.4 Å². The molecule has 3 saturated heterocycles. The summed E-state index contributed by atoms with van der Waals surface area (Å²) in [5.74, 6) is 0.197. The summed E-state index contributed by atoms with van der Waals surface area (Å²) in [6, 6.07) is 0. The highest BCUT2D eigenvalue weighted by atomic mass is 31.3. The first kappa shape index (κ1) is 22.9. The van der Waals surface area contributed by atoms with Crippen molar-refractivity contribution in [3.63, 3.8) is 0 Å². The standard InChI is InChI=1S/C17H30O8P2/c1-16(2)12-6-10-14(18)8-5-9-15(19)11-7-13-17(3,4)23-27(21)24-26(20,22-16)25-27/h5-13H2,1-4H3. The van der Waals surface area contributed by atoms with Crippen LogP contribution >= 0.6 is 15.6 Å². The fourth-order valence-corrected chi connectivity index (χ4v) is 7.10. The lowest BCUT2D eigenvalue weighted by molar-refractivity contribution is -0.120. The number of hydrogen-bond donors (Lipinski definition) is 0. The molecule has 3 aliphatic rings. The van der Waals surface area contributed by atoms with E-state index < -0.39 is 26.8 Å². The largest absolute Gasteiger partial charge is 0.493 e. The maximum absolute atomic E-state index is 12.4. The third kappa shape index (κ3) is 7.52. The van der Waals surface area contributed by atoms with Gasteiger partial charge in [0.05, 0.1) is 11.2 Å². The van der Waals surface area contributed by atoms with Crippen LogP contribution in [0.15, 0.2) is 0 Å². The Balaban J connectivity index is 2.05. The van der Waals surface area contributed by atoms with Crippen LogP contribution in [0.25, 0.3) is 0 Å². The molecule has 2 bridgehead atoms. The molecule has 0 amide bonds. The summed E-state index contributed by atoms with van der Waals surface area (Å²) in [6.07, 6.45) is 4.04. The topological polar surface area (TPSA) is 105 Å². The van der Waals surface area contributed by atoms with Gasteiger partial charge in [-0.25, -0.2) is 9.13 Å². The summed E-state index contributed by atoms with van der Waals surface area (Å²) >= 11 is 0. The van der Waals surface area contributed by atoms with Gasteiger partial charge in [0.2, 0.25) is 0 Å². The number of hydrogen-bond acceptors (Lipinski definition) is 8. The Hall–Kier alpha value is -0.360. The summed E-state index contributed by atoms with van der Waals surface area (Å²) < 4.78 is 45.7. The van der Waals surface area contributed by atoms with Gasteiger partial charge in [-0.2, -0.15) is 8.62 Å². The van der Waals surface area contributed by atoms with Crippen molar-refractivity contribution in [1.29, 1.82) is 0 Å². The Bertz CT molecular complexity index is 602. The normalized spacial score (nSPS) is 36.3. The van der Waals surface area contributed by atoms with Gasteiger partial charge in [0.25, 0.3) is 0 Å². The number of carbonyl (C=O) groups excluding carboxylic acids is 2. The van der Waals surface area contributed by atoms with Gasteiger partial charge in [0.15, 0.2) is 0 Å². The zero-order chi connectivity index (χ0) is 20.3. The van der Waals surface area contributed by atoms with Gasteiger partial charge in [0, 0.05) is 25.7 Å². The van der Waals surface area contributed by atoms with Gasteiger partial charge in [0.1, 0.15) is 11.6 Å². The van der Waals surface area contributed by atoms with Gasteiger partial charge in [-0.05, 0) is 59.8 Å². The van der Waals surface area contributed by atoms with Gasteiger partial charge in [-0.1, -0.05) is 0 Å². The summed E-state index contributed by atoms with van der Waals surface area (Å²) in [7, 11) is -7.90. The van der Waals surface area contributed by atoms with Crippen LogP contribution in [0.5, 0.6) is 0 Å². The lowest BCUT2D eigenvalue weighted by Crippen LogP contribution is -2.29. The Kier molecular flexibility index (Phi) is 7.27. The molecule has 0 radical (unpaired) electrons. The SMILES string of the molecule is CC1(C)CCCC(=O)CCCC(=O)CCCC(C)(C)OP2(=O)OP(=O)(O1)O2. The van der Waals surface area contributed by atoms with Crippen molar-refractivity contribution in [3.05, 3.63) is 0 Å². The average molecular weight is 424 g/mol. The average Bonchev–Trinajstić information content (AvgIpc) is 2.42. The van der Waals surface area contributed by atoms with Crippen LogP contribution in [0.2, 0.25) is 0 Å². The van der Waals surface area contributed by atoms with Crippen LogP contribution in [0.3, 0.4) is 0 Å². The zero-order valence-electron chi connectivity index (χ0n) is 16.5. The van der Waals surface area contributed by atoms with E-state index in [9.17, 15) is 18.7 Å². The minimum absolute atomic E-state index is 0.0986. The summed E-state index contributed by atoms with van der Waals surface area (Å²) in [6.45, 7) is 6.81. The molecule has 0 saturated carbocycles. The van der Waals surface area contributed by atoms with Crippen molar-refractivity contribution in [2.45, 2.75) is 96.7 Å². The van der Waals surface area contributed by atoms with Crippen LogP contribution in [0.1, 0.15) is 85.5 Å². The van der Waals surface area contributed by atoms with E-state index in [1.54, 1.807) is 27.7 Å². The van der Waals surface area contributed by atoms with Crippen molar-refractivity contribution >= 4 is 27.2 Å². The Labute approximate surface area is 160 Å².